The van der Waals surface area contributed by atoms with Gasteiger partial charge in [-0.1, -0.05) is 61.2 Å². The zero-order chi connectivity index (χ0) is 23.8. The maximum Gasteiger partial charge on any atom is 0.252 e. The Morgan fingerprint density at radius 3 is 2.61 bits per heavy atom. The van der Waals surface area contributed by atoms with Gasteiger partial charge in [-0.25, -0.2) is 0 Å². The molecule has 0 unspecified atom stereocenters. The number of allylic oxidation sites excluding steroid dienone is 1. The number of thioether (sulfide) groups is 1. The minimum absolute atomic E-state index is 0.114. The molecule has 8 heteroatoms. The van der Waals surface area contributed by atoms with Gasteiger partial charge in [-0.05, 0) is 43.5 Å². The van der Waals surface area contributed by atoms with Crippen molar-refractivity contribution in [3.05, 3.63) is 83.7 Å². The zero-order valence-corrected chi connectivity index (χ0v) is 20.0. The van der Waals surface area contributed by atoms with Crippen LogP contribution in [0.1, 0.15) is 47.2 Å². The van der Waals surface area contributed by atoms with Crippen molar-refractivity contribution in [2.45, 2.75) is 44.9 Å². The lowest BCUT2D eigenvalue weighted by molar-refractivity contribution is -0.113. The van der Waals surface area contributed by atoms with Crippen LogP contribution in [-0.2, 0) is 17.8 Å². The molecule has 0 aliphatic rings. The van der Waals surface area contributed by atoms with E-state index in [0.717, 1.165) is 23.2 Å². The number of para-hydroxylation sites is 1. The van der Waals surface area contributed by atoms with E-state index < -0.39 is 0 Å². The van der Waals surface area contributed by atoms with E-state index in [1.165, 1.54) is 11.8 Å². The molecular formula is C25H29N5O2S. The second-order valence-corrected chi connectivity index (χ2v) is 8.54. The summed E-state index contributed by atoms with van der Waals surface area (Å²) < 4.78 is 1.87. The van der Waals surface area contributed by atoms with Crippen molar-refractivity contribution in [3.8, 4) is 0 Å². The normalized spacial score (nSPS) is 11.6. The molecule has 7 nitrogen and oxygen atoms in total. The third-order valence-electron chi connectivity index (χ3n) is 5.19. The summed E-state index contributed by atoms with van der Waals surface area (Å²) in [5.41, 5.74) is 3.44. The van der Waals surface area contributed by atoms with E-state index in [1.54, 1.807) is 12.1 Å². The topological polar surface area (TPSA) is 88.9 Å². The molecule has 0 spiro atoms. The van der Waals surface area contributed by atoms with Gasteiger partial charge in [-0.15, -0.1) is 16.8 Å². The lowest BCUT2D eigenvalue weighted by Crippen LogP contribution is -2.29. The number of hydrogen-bond donors (Lipinski definition) is 2. The second-order valence-electron chi connectivity index (χ2n) is 7.60. The molecule has 2 amide bonds. The number of aromatic nitrogens is 3. The average molecular weight is 464 g/mol. The van der Waals surface area contributed by atoms with Crippen molar-refractivity contribution < 1.29 is 9.59 Å². The number of carbonyl (C=O) groups excluding carboxylic acids is 2. The van der Waals surface area contributed by atoms with E-state index >= 15 is 0 Å². The van der Waals surface area contributed by atoms with Crippen LogP contribution < -0.4 is 10.6 Å². The quantitative estimate of drug-likeness (QED) is 0.340. The van der Waals surface area contributed by atoms with Crippen molar-refractivity contribution in [2.24, 2.45) is 0 Å². The Morgan fingerprint density at radius 1 is 1.15 bits per heavy atom. The zero-order valence-electron chi connectivity index (χ0n) is 19.2. The molecule has 0 aliphatic heterocycles. The highest BCUT2D eigenvalue weighted by Crippen LogP contribution is 2.22. The van der Waals surface area contributed by atoms with Crippen LogP contribution in [0, 0.1) is 6.92 Å². The molecule has 172 valence electrons. The Hall–Kier alpha value is -3.39. The summed E-state index contributed by atoms with van der Waals surface area (Å²) in [7, 11) is 0. The summed E-state index contributed by atoms with van der Waals surface area (Å²) in [6.07, 6.45) is 2.58. The molecule has 3 aromatic rings. The molecule has 0 fully saturated rings. The van der Waals surface area contributed by atoms with E-state index in [4.69, 9.17) is 0 Å². The van der Waals surface area contributed by atoms with Gasteiger partial charge in [-0.3, -0.25) is 9.59 Å². The van der Waals surface area contributed by atoms with Gasteiger partial charge in [0.05, 0.1) is 11.8 Å². The highest BCUT2D eigenvalue weighted by molar-refractivity contribution is 7.99. The van der Waals surface area contributed by atoms with Gasteiger partial charge < -0.3 is 15.2 Å². The SMILES string of the molecule is C=CCn1c(SCC(=O)Nc2ccccc2CC)nnc1[C@@H](C)NC(=O)c1ccccc1C. The number of nitrogens with zero attached hydrogens (tertiary/aromatic N) is 3. The lowest BCUT2D eigenvalue weighted by atomic mass is 10.1. The van der Waals surface area contributed by atoms with Gasteiger partial charge in [0.2, 0.25) is 5.91 Å². The summed E-state index contributed by atoms with van der Waals surface area (Å²) in [5.74, 6) is 0.515. The largest absolute Gasteiger partial charge is 0.342 e. The Morgan fingerprint density at radius 2 is 1.88 bits per heavy atom. The number of amides is 2. The highest BCUT2D eigenvalue weighted by Gasteiger charge is 2.21. The highest BCUT2D eigenvalue weighted by atomic mass is 32.2. The first-order chi connectivity index (χ1) is 15.9. The van der Waals surface area contributed by atoms with E-state index in [2.05, 4.69) is 34.3 Å². The molecule has 1 heterocycles. The number of aryl methyl sites for hydroxylation is 2. The standard InChI is InChI=1S/C25H29N5O2S/c1-5-15-30-23(18(4)26-24(32)20-13-9-7-11-17(20)3)28-29-25(30)33-16-22(31)27-21-14-10-8-12-19(21)6-2/h5,7-14,18H,1,6,15-16H2,2-4H3,(H,26,32)(H,27,31)/t18-/m1/s1. The second kappa shape index (κ2) is 11.5. The molecule has 1 atom stereocenters. The van der Waals surface area contributed by atoms with Crippen molar-refractivity contribution in [2.75, 3.05) is 11.1 Å². The predicted molar refractivity (Wildman–Crippen MR) is 132 cm³/mol. The number of rotatable bonds is 10. The van der Waals surface area contributed by atoms with Gasteiger partial charge in [-0.2, -0.15) is 0 Å². The summed E-state index contributed by atoms with van der Waals surface area (Å²) in [5, 5.41) is 15.1. The maximum absolute atomic E-state index is 12.7. The van der Waals surface area contributed by atoms with Crippen LogP contribution in [0.25, 0.3) is 0 Å². The number of carbonyl (C=O) groups is 2. The van der Waals surface area contributed by atoms with Crippen LogP contribution in [0.3, 0.4) is 0 Å². The van der Waals surface area contributed by atoms with Crippen LogP contribution in [0.15, 0.2) is 66.3 Å². The van der Waals surface area contributed by atoms with Crippen molar-refractivity contribution in [1.29, 1.82) is 0 Å². The monoisotopic (exact) mass is 463 g/mol. The molecule has 3 rings (SSSR count). The number of benzene rings is 2. The molecule has 33 heavy (non-hydrogen) atoms. The molecule has 0 radical (unpaired) electrons. The fourth-order valence-electron chi connectivity index (χ4n) is 3.46. The number of anilines is 1. The molecule has 2 N–H and O–H groups in total. The van der Waals surface area contributed by atoms with Crippen LogP contribution in [-0.4, -0.2) is 32.3 Å². The van der Waals surface area contributed by atoms with Crippen LogP contribution >= 0.6 is 11.8 Å². The van der Waals surface area contributed by atoms with E-state index in [9.17, 15) is 9.59 Å². The van der Waals surface area contributed by atoms with Crippen molar-refractivity contribution in [1.82, 2.24) is 20.1 Å². The predicted octanol–water partition coefficient (Wildman–Crippen LogP) is 4.56. The van der Waals surface area contributed by atoms with Crippen molar-refractivity contribution in [3.63, 3.8) is 0 Å². The smallest absolute Gasteiger partial charge is 0.252 e. The molecule has 0 aliphatic carbocycles. The maximum atomic E-state index is 12.7. The minimum Gasteiger partial charge on any atom is -0.342 e. The molecule has 0 saturated carbocycles. The van der Waals surface area contributed by atoms with E-state index in [-0.39, 0.29) is 23.6 Å². The van der Waals surface area contributed by atoms with Gasteiger partial charge in [0.15, 0.2) is 11.0 Å². The first kappa shape index (κ1) is 24.3. The van der Waals surface area contributed by atoms with Crippen LogP contribution in [0.4, 0.5) is 5.69 Å². The van der Waals surface area contributed by atoms with Crippen LogP contribution in [0.2, 0.25) is 0 Å². The van der Waals surface area contributed by atoms with Gasteiger partial charge in [0, 0.05) is 17.8 Å². The lowest BCUT2D eigenvalue weighted by Gasteiger charge is -2.16. The molecular weight excluding hydrogens is 434 g/mol. The van der Waals surface area contributed by atoms with E-state index in [0.29, 0.717) is 23.1 Å². The van der Waals surface area contributed by atoms with Gasteiger partial charge >= 0.3 is 0 Å². The fourth-order valence-corrected chi connectivity index (χ4v) is 4.22. The third-order valence-corrected chi connectivity index (χ3v) is 6.15. The van der Waals surface area contributed by atoms with Gasteiger partial charge in [0.25, 0.3) is 5.91 Å². The molecule has 0 bridgehead atoms. The Labute approximate surface area is 198 Å². The third kappa shape index (κ3) is 6.10. The summed E-state index contributed by atoms with van der Waals surface area (Å²) in [6, 6.07) is 14.8. The number of hydrogen-bond acceptors (Lipinski definition) is 5. The first-order valence-electron chi connectivity index (χ1n) is 10.9. The molecule has 2 aromatic carbocycles. The minimum atomic E-state index is -0.371. The van der Waals surface area contributed by atoms with Gasteiger partial charge in [0.1, 0.15) is 0 Å². The van der Waals surface area contributed by atoms with Crippen molar-refractivity contribution >= 4 is 29.3 Å². The summed E-state index contributed by atoms with van der Waals surface area (Å²) in [4.78, 5) is 25.3. The summed E-state index contributed by atoms with van der Waals surface area (Å²) >= 11 is 1.30. The van der Waals surface area contributed by atoms with Crippen LogP contribution in [0.5, 0.6) is 0 Å². The fraction of sp³-hybridized carbons (Fsp3) is 0.280. The number of nitrogens with one attached hydrogen (secondary N) is 2. The Bertz CT molecular complexity index is 1140. The molecule has 1 aromatic heterocycles. The Kier molecular flexibility index (Phi) is 8.43. The molecule has 0 saturated heterocycles. The Balaban J connectivity index is 1.68. The summed E-state index contributed by atoms with van der Waals surface area (Å²) in [6.45, 7) is 10.1. The average Bonchev–Trinajstić information content (AvgIpc) is 3.21. The van der Waals surface area contributed by atoms with E-state index in [1.807, 2.05) is 60.9 Å². The first-order valence-corrected chi connectivity index (χ1v) is 11.8.